The number of urea groups is 1. The Hall–Kier alpha value is -1.70. The van der Waals surface area contributed by atoms with Crippen LogP contribution in [-0.4, -0.2) is 39.9 Å². The number of halogens is 4. The standard InChI is InChI=1S/C19H23BrF3N5O2S2/c1-4-6-7-24-17-16(20)27-15(11-25-17)32-14-9-12(19(21,22)23)8-13(10-14)26-18(29)28(31-3)30-5-2/h8-11H,4-7H2,1-3H3,(H,24,25)(H,26,29). The van der Waals surface area contributed by atoms with E-state index in [-0.39, 0.29) is 17.2 Å². The van der Waals surface area contributed by atoms with Crippen LogP contribution in [0, 0.1) is 0 Å². The minimum absolute atomic E-state index is 0.0176. The second kappa shape index (κ2) is 12.5. The van der Waals surface area contributed by atoms with Crippen LogP contribution in [-0.2, 0) is 11.0 Å². The summed E-state index contributed by atoms with van der Waals surface area (Å²) in [4.78, 5) is 26.3. The Bertz CT molecular complexity index is 921. The Balaban J connectivity index is 2.26. The number of rotatable bonds is 10. The van der Waals surface area contributed by atoms with E-state index >= 15 is 0 Å². The molecule has 2 N–H and O–H groups in total. The molecule has 0 saturated carbocycles. The van der Waals surface area contributed by atoms with Crippen LogP contribution in [0.4, 0.5) is 29.5 Å². The molecule has 0 radical (unpaired) electrons. The largest absolute Gasteiger partial charge is 0.416 e. The van der Waals surface area contributed by atoms with E-state index in [0.29, 0.717) is 15.4 Å². The molecule has 0 unspecified atom stereocenters. The highest BCUT2D eigenvalue weighted by Gasteiger charge is 2.31. The van der Waals surface area contributed by atoms with Crippen LogP contribution in [0.1, 0.15) is 32.3 Å². The van der Waals surface area contributed by atoms with Crippen molar-refractivity contribution in [1.82, 2.24) is 14.4 Å². The maximum absolute atomic E-state index is 13.4. The number of carbonyl (C=O) groups is 1. The molecule has 2 amide bonds. The van der Waals surface area contributed by atoms with Crippen molar-refractivity contribution in [3.63, 3.8) is 0 Å². The van der Waals surface area contributed by atoms with Crippen LogP contribution in [0.5, 0.6) is 0 Å². The number of benzene rings is 1. The molecule has 0 spiro atoms. The molecular weight excluding hydrogens is 531 g/mol. The summed E-state index contributed by atoms with van der Waals surface area (Å²) in [6.45, 7) is 4.74. The lowest BCUT2D eigenvalue weighted by molar-refractivity contribution is -0.137. The number of anilines is 2. The molecule has 0 aliphatic heterocycles. The molecule has 32 heavy (non-hydrogen) atoms. The minimum Gasteiger partial charge on any atom is -0.368 e. The highest BCUT2D eigenvalue weighted by molar-refractivity contribution is 9.10. The van der Waals surface area contributed by atoms with Crippen LogP contribution >= 0.6 is 39.6 Å². The van der Waals surface area contributed by atoms with Gasteiger partial charge in [-0.2, -0.15) is 13.2 Å². The van der Waals surface area contributed by atoms with Gasteiger partial charge in [0.05, 0.1) is 18.4 Å². The summed E-state index contributed by atoms with van der Waals surface area (Å²) in [7, 11) is 0. The van der Waals surface area contributed by atoms with E-state index in [4.69, 9.17) is 4.84 Å². The van der Waals surface area contributed by atoms with Gasteiger partial charge in [0.1, 0.15) is 9.63 Å². The Morgan fingerprint density at radius 3 is 2.62 bits per heavy atom. The lowest BCUT2D eigenvalue weighted by Gasteiger charge is -2.19. The summed E-state index contributed by atoms with van der Waals surface area (Å²) < 4.78 is 41.7. The molecule has 1 heterocycles. The van der Waals surface area contributed by atoms with Crippen molar-refractivity contribution < 1.29 is 22.8 Å². The third-order valence-corrected chi connectivity index (χ3v) is 5.85. The average molecular weight is 554 g/mol. The second-order valence-corrected chi connectivity index (χ2v) is 8.80. The van der Waals surface area contributed by atoms with Gasteiger partial charge in [-0.15, -0.1) is 4.47 Å². The van der Waals surface area contributed by atoms with Crippen molar-refractivity contribution >= 4 is 57.2 Å². The van der Waals surface area contributed by atoms with Crippen molar-refractivity contribution in [3.05, 3.63) is 34.6 Å². The Labute approximate surface area is 201 Å². The van der Waals surface area contributed by atoms with Crippen molar-refractivity contribution in [1.29, 1.82) is 0 Å². The third kappa shape index (κ3) is 8.01. The molecule has 0 saturated heterocycles. The predicted octanol–water partition coefficient (Wildman–Crippen LogP) is 6.68. The fraction of sp³-hybridized carbons (Fsp3) is 0.421. The smallest absolute Gasteiger partial charge is 0.368 e. The van der Waals surface area contributed by atoms with E-state index in [9.17, 15) is 18.0 Å². The van der Waals surface area contributed by atoms with E-state index in [0.717, 1.165) is 59.7 Å². The van der Waals surface area contributed by atoms with E-state index < -0.39 is 17.8 Å². The molecule has 7 nitrogen and oxygen atoms in total. The van der Waals surface area contributed by atoms with Crippen molar-refractivity contribution in [2.45, 2.75) is 42.8 Å². The summed E-state index contributed by atoms with van der Waals surface area (Å²) in [5, 5.41) is 5.98. The summed E-state index contributed by atoms with van der Waals surface area (Å²) in [6.07, 6.45) is 0.501. The minimum atomic E-state index is -4.59. The zero-order chi connectivity index (χ0) is 23.7. The average Bonchev–Trinajstić information content (AvgIpc) is 2.72. The van der Waals surface area contributed by atoms with Gasteiger partial charge < -0.3 is 10.6 Å². The topological polar surface area (TPSA) is 79.4 Å². The number of nitrogens with one attached hydrogen (secondary N) is 2. The summed E-state index contributed by atoms with van der Waals surface area (Å²) in [6, 6.07) is 2.61. The first-order valence-corrected chi connectivity index (χ1v) is 12.4. The molecule has 13 heteroatoms. The van der Waals surface area contributed by atoms with Gasteiger partial charge in [0.25, 0.3) is 0 Å². The van der Waals surface area contributed by atoms with E-state index in [2.05, 4.69) is 43.5 Å². The lowest BCUT2D eigenvalue weighted by atomic mass is 10.2. The number of unbranched alkanes of at least 4 members (excludes halogenated alkanes) is 1. The zero-order valence-corrected chi connectivity index (χ0v) is 20.8. The quantitative estimate of drug-likeness (QED) is 0.193. The highest BCUT2D eigenvalue weighted by Crippen LogP contribution is 2.37. The number of amides is 2. The van der Waals surface area contributed by atoms with Gasteiger partial charge in [-0.1, -0.05) is 25.1 Å². The SMILES string of the molecule is CCCCNc1ncc(Sc2cc(NC(=O)N(OCC)SC)cc(C(F)(F)F)c2)nc1Br. The highest BCUT2D eigenvalue weighted by atomic mass is 79.9. The van der Waals surface area contributed by atoms with E-state index in [1.807, 2.05) is 0 Å². The second-order valence-electron chi connectivity index (χ2n) is 6.26. The lowest BCUT2D eigenvalue weighted by Crippen LogP contribution is -2.29. The van der Waals surface area contributed by atoms with Crippen LogP contribution in [0.25, 0.3) is 0 Å². The molecule has 0 atom stereocenters. The molecular formula is C19H23BrF3N5O2S2. The van der Waals surface area contributed by atoms with Crippen LogP contribution in [0.15, 0.2) is 38.9 Å². The number of aromatic nitrogens is 2. The Morgan fingerprint density at radius 1 is 1.28 bits per heavy atom. The molecule has 0 bridgehead atoms. The van der Waals surface area contributed by atoms with E-state index in [1.54, 1.807) is 13.2 Å². The number of carbonyl (C=O) groups excluding carboxylic acids is 1. The van der Waals surface area contributed by atoms with Crippen LogP contribution in [0.3, 0.4) is 0 Å². The molecule has 1 aromatic heterocycles. The Kier molecular flexibility index (Phi) is 10.4. The first-order chi connectivity index (χ1) is 15.2. The predicted molar refractivity (Wildman–Crippen MR) is 125 cm³/mol. The van der Waals surface area contributed by atoms with Gasteiger partial charge in [0.15, 0.2) is 5.82 Å². The molecule has 0 fully saturated rings. The van der Waals surface area contributed by atoms with Gasteiger partial charge in [-0.3, -0.25) is 4.84 Å². The number of hydrogen-bond acceptors (Lipinski definition) is 7. The monoisotopic (exact) mass is 553 g/mol. The first kappa shape index (κ1) is 26.6. The summed E-state index contributed by atoms with van der Waals surface area (Å²) >= 11 is 5.33. The van der Waals surface area contributed by atoms with Crippen LogP contribution in [0.2, 0.25) is 0 Å². The molecule has 176 valence electrons. The summed E-state index contributed by atoms with van der Waals surface area (Å²) in [5.74, 6) is 0.563. The normalized spacial score (nSPS) is 11.3. The molecule has 2 rings (SSSR count). The number of hydrogen-bond donors (Lipinski definition) is 2. The fourth-order valence-corrected chi connectivity index (χ4v) is 4.23. The summed E-state index contributed by atoms with van der Waals surface area (Å²) in [5.41, 5.74) is -0.911. The van der Waals surface area contributed by atoms with Gasteiger partial charge in [0, 0.05) is 23.4 Å². The van der Waals surface area contributed by atoms with Crippen molar-refractivity contribution in [2.75, 3.05) is 30.0 Å². The van der Waals surface area contributed by atoms with E-state index in [1.165, 1.54) is 12.3 Å². The maximum Gasteiger partial charge on any atom is 0.416 e. The van der Waals surface area contributed by atoms with Crippen LogP contribution < -0.4 is 10.6 Å². The van der Waals surface area contributed by atoms with Gasteiger partial charge in [-0.05, 0) is 59.4 Å². The maximum atomic E-state index is 13.4. The molecule has 1 aromatic carbocycles. The van der Waals surface area contributed by atoms with Crippen molar-refractivity contribution in [2.24, 2.45) is 0 Å². The number of nitrogens with zero attached hydrogens (tertiary/aromatic N) is 3. The van der Waals surface area contributed by atoms with Gasteiger partial charge in [0.2, 0.25) is 0 Å². The Morgan fingerprint density at radius 2 is 2.03 bits per heavy atom. The first-order valence-electron chi connectivity index (χ1n) is 9.62. The van der Waals surface area contributed by atoms with Gasteiger partial charge >= 0.3 is 12.2 Å². The third-order valence-electron chi connectivity index (χ3n) is 3.82. The fourth-order valence-electron chi connectivity index (χ4n) is 2.40. The zero-order valence-electron chi connectivity index (χ0n) is 17.6. The molecule has 0 aliphatic rings. The molecule has 2 aromatic rings. The van der Waals surface area contributed by atoms with Crippen molar-refractivity contribution in [3.8, 4) is 0 Å². The number of hydroxylamine groups is 1. The molecule has 0 aliphatic carbocycles. The number of alkyl halides is 3. The van der Waals surface area contributed by atoms with Gasteiger partial charge in [-0.25, -0.2) is 14.8 Å².